The van der Waals surface area contributed by atoms with Gasteiger partial charge in [-0.2, -0.15) is 0 Å². The quantitative estimate of drug-likeness (QED) is 0.708. The highest BCUT2D eigenvalue weighted by Gasteiger charge is 2.28. The van der Waals surface area contributed by atoms with Gasteiger partial charge in [0.15, 0.2) is 0 Å². The highest BCUT2D eigenvalue weighted by atomic mass is 16.5. The Balaban J connectivity index is 4.23. The van der Waals surface area contributed by atoms with Crippen LogP contribution < -0.4 is 0 Å². The van der Waals surface area contributed by atoms with Gasteiger partial charge in [0.1, 0.15) is 0 Å². The van der Waals surface area contributed by atoms with Crippen LogP contribution in [0.2, 0.25) is 0 Å². The SMILES string of the molecule is CCC(CO)(CCOC)CCC(C)(C)C. The lowest BCUT2D eigenvalue weighted by Gasteiger charge is -2.33. The molecule has 0 saturated heterocycles. The molecule has 0 spiro atoms. The Hall–Kier alpha value is -0.0800. The van der Waals surface area contributed by atoms with Crippen molar-refractivity contribution in [2.45, 2.75) is 53.4 Å². The molecule has 92 valence electrons. The van der Waals surface area contributed by atoms with Crippen molar-refractivity contribution in [3.63, 3.8) is 0 Å². The van der Waals surface area contributed by atoms with Gasteiger partial charge in [0.2, 0.25) is 0 Å². The van der Waals surface area contributed by atoms with Crippen LogP contribution in [0, 0.1) is 10.8 Å². The van der Waals surface area contributed by atoms with E-state index < -0.39 is 0 Å². The molecule has 0 aromatic heterocycles. The average molecular weight is 216 g/mol. The summed E-state index contributed by atoms with van der Waals surface area (Å²) in [6.07, 6.45) is 4.24. The van der Waals surface area contributed by atoms with Crippen molar-refractivity contribution in [3.05, 3.63) is 0 Å². The minimum absolute atomic E-state index is 0.0727. The lowest BCUT2D eigenvalue weighted by molar-refractivity contribution is 0.0553. The number of hydrogen-bond donors (Lipinski definition) is 1. The van der Waals surface area contributed by atoms with E-state index in [1.165, 1.54) is 0 Å². The van der Waals surface area contributed by atoms with Crippen molar-refractivity contribution in [1.82, 2.24) is 0 Å². The highest BCUT2D eigenvalue weighted by Crippen LogP contribution is 2.36. The lowest BCUT2D eigenvalue weighted by atomic mass is 9.74. The third kappa shape index (κ3) is 6.16. The molecule has 0 saturated carbocycles. The van der Waals surface area contributed by atoms with Gasteiger partial charge in [-0.05, 0) is 36.5 Å². The minimum Gasteiger partial charge on any atom is -0.396 e. The van der Waals surface area contributed by atoms with Crippen LogP contribution in [0.3, 0.4) is 0 Å². The zero-order valence-electron chi connectivity index (χ0n) is 11.1. The second-order valence-electron chi connectivity index (χ2n) is 5.82. The summed E-state index contributed by atoms with van der Waals surface area (Å²) in [5.74, 6) is 0. The predicted octanol–water partition coefficient (Wildman–Crippen LogP) is 3.24. The Morgan fingerprint density at radius 3 is 2.00 bits per heavy atom. The summed E-state index contributed by atoms with van der Waals surface area (Å²) in [7, 11) is 1.72. The van der Waals surface area contributed by atoms with E-state index in [2.05, 4.69) is 27.7 Å². The molecule has 0 aliphatic carbocycles. The summed E-state index contributed by atoms with van der Waals surface area (Å²) in [6.45, 7) is 9.94. The Morgan fingerprint density at radius 1 is 1.07 bits per heavy atom. The molecule has 2 heteroatoms. The van der Waals surface area contributed by atoms with E-state index in [-0.39, 0.29) is 12.0 Å². The Bertz CT molecular complexity index is 154. The van der Waals surface area contributed by atoms with Crippen LogP contribution in [0.25, 0.3) is 0 Å². The Labute approximate surface area is 95.0 Å². The van der Waals surface area contributed by atoms with Crippen LogP contribution >= 0.6 is 0 Å². The van der Waals surface area contributed by atoms with Gasteiger partial charge in [-0.1, -0.05) is 27.7 Å². The Morgan fingerprint density at radius 2 is 1.67 bits per heavy atom. The van der Waals surface area contributed by atoms with Crippen molar-refractivity contribution in [2.24, 2.45) is 10.8 Å². The molecule has 0 aliphatic heterocycles. The van der Waals surface area contributed by atoms with Gasteiger partial charge in [0, 0.05) is 20.3 Å². The maximum atomic E-state index is 9.54. The fourth-order valence-electron chi connectivity index (χ4n) is 1.71. The fraction of sp³-hybridized carbons (Fsp3) is 1.00. The summed E-state index contributed by atoms with van der Waals surface area (Å²) >= 11 is 0. The number of aliphatic hydroxyl groups excluding tert-OH is 1. The normalized spacial score (nSPS) is 16.4. The van der Waals surface area contributed by atoms with E-state index >= 15 is 0 Å². The molecule has 1 unspecified atom stereocenters. The molecule has 1 atom stereocenters. The molecule has 0 aromatic carbocycles. The summed E-state index contributed by atoms with van der Waals surface area (Å²) in [5, 5.41) is 9.54. The molecule has 0 fully saturated rings. The first-order valence-electron chi connectivity index (χ1n) is 5.99. The lowest BCUT2D eigenvalue weighted by Crippen LogP contribution is -2.28. The molecule has 0 heterocycles. The summed E-state index contributed by atoms with van der Waals surface area (Å²) in [4.78, 5) is 0. The number of rotatable bonds is 7. The third-order valence-electron chi connectivity index (χ3n) is 3.33. The highest BCUT2D eigenvalue weighted by molar-refractivity contribution is 4.79. The zero-order chi connectivity index (χ0) is 11.9. The third-order valence-corrected chi connectivity index (χ3v) is 3.33. The van der Waals surface area contributed by atoms with Gasteiger partial charge >= 0.3 is 0 Å². The van der Waals surface area contributed by atoms with E-state index in [0.717, 1.165) is 32.3 Å². The number of aliphatic hydroxyl groups is 1. The van der Waals surface area contributed by atoms with Crippen LogP contribution in [0.5, 0.6) is 0 Å². The molecule has 0 aromatic rings. The first kappa shape index (κ1) is 14.9. The Kier molecular flexibility index (Phi) is 6.46. The summed E-state index contributed by atoms with van der Waals surface area (Å²) in [5.41, 5.74) is 0.423. The fourth-order valence-corrected chi connectivity index (χ4v) is 1.71. The first-order chi connectivity index (χ1) is 6.89. The van der Waals surface area contributed by atoms with Gasteiger partial charge < -0.3 is 9.84 Å². The van der Waals surface area contributed by atoms with Crippen molar-refractivity contribution < 1.29 is 9.84 Å². The predicted molar refractivity (Wildman–Crippen MR) is 65.0 cm³/mol. The van der Waals surface area contributed by atoms with Gasteiger partial charge in [0.05, 0.1) is 0 Å². The molecule has 1 N–H and O–H groups in total. The first-order valence-corrected chi connectivity index (χ1v) is 5.99. The molecule has 0 rings (SSSR count). The zero-order valence-corrected chi connectivity index (χ0v) is 11.1. The summed E-state index contributed by atoms with van der Waals surface area (Å²) < 4.78 is 5.12. The van der Waals surface area contributed by atoms with Crippen molar-refractivity contribution in [2.75, 3.05) is 20.3 Å². The monoisotopic (exact) mass is 216 g/mol. The number of methoxy groups -OCH3 is 1. The second-order valence-corrected chi connectivity index (χ2v) is 5.82. The largest absolute Gasteiger partial charge is 0.396 e. The van der Waals surface area contributed by atoms with E-state index in [4.69, 9.17) is 4.74 Å². The van der Waals surface area contributed by atoms with E-state index in [0.29, 0.717) is 5.41 Å². The van der Waals surface area contributed by atoms with Crippen LogP contribution in [0.15, 0.2) is 0 Å². The maximum absolute atomic E-state index is 9.54. The smallest absolute Gasteiger partial charge is 0.0488 e. The topological polar surface area (TPSA) is 29.5 Å². The van der Waals surface area contributed by atoms with Gasteiger partial charge in [0.25, 0.3) is 0 Å². The van der Waals surface area contributed by atoms with Crippen molar-refractivity contribution in [3.8, 4) is 0 Å². The molecular weight excluding hydrogens is 188 g/mol. The van der Waals surface area contributed by atoms with Gasteiger partial charge in [-0.15, -0.1) is 0 Å². The van der Waals surface area contributed by atoms with E-state index in [1.54, 1.807) is 7.11 Å². The molecule has 0 bridgehead atoms. The number of hydrogen-bond acceptors (Lipinski definition) is 2. The minimum atomic E-state index is 0.0727. The van der Waals surface area contributed by atoms with Crippen molar-refractivity contribution >= 4 is 0 Å². The standard InChI is InChI=1S/C13H28O2/c1-6-13(11-14,9-10-15-5)8-7-12(2,3)4/h14H,6-11H2,1-5H3. The van der Waals surface area contributed by atoms with E-state index in [1.807, 2.05) is 0 Å². The van der Waals surface area contributed by atoms with E-state index in [9.17, 15) is 5.11 Å². The average Bonchev–Trinajstić information content (AvgIpc) is 2.18. The second kappa shape index (κ2) is 6.49. The van der Waals surface area contributed by atoms with Crippen LogP contribution in [0.4, 0.5) is 0 Å². The molecule has 15 heavy (non-hydrogen) atoms. The van der Waals surface area contributed by atoms with Crippen LogP contribution in [0.1, 0.15) is 53.4 Å². The molecule has 0 aliphatic rings. The molecular formula is C13H28O2. The van der Waals surface area contributed by atoms with Crippen LogP contribution in [-0.2, 0) is 4.74 Å². The van der Waals surface area contributed by atoms with Gasteiger partial charge in [-0.3, -0.25) is 0 Å². The van der Waals surface area contributed by atoms with Gasteiger partial charge in [-0.25, -0.2) is 0 Å². The van der Waals surface area contributed by atoms with Crippen LogP contribution in [-0.4, -0.2) is 25.4 Å². The summed E-state index contributed by atoms with van der Waals surface area (Å²) in [6, 6.07) is 0. The number of ether oxygens (including phenoxy) is 1. The molecule has 0 amide bonds. The maximum Gasteiger partial charge on any atom is 0.0488 e. The van der Waals surface area contributed by atoms with Crippen molar-refractivity contribution in [1.29, 1.82) is 0 Å². The molecule has 2 nitrogen and oxygen atoms in total. The molecule has 0 radical (unpaired) electrons.